The summed E-state index contributed by atoms with van der Waals surface area (Å²) in [5, 5.41) is 0. The molecule has 0 spiro atoms. The number of hydrogen-bond acceptors (Lipinski definition) is 3. The van der Waals surface area contributed by atoms with Gasteiger partial charge in [0.1, 0.15) is 10.4 Å². The summed E-state index contributed by atoms with van der Waals surface area (Å²) in [5.41, 5.74) is 0. The fourth-order valence-electron chi connectivity index (χ4n) is 1.91. The Morgan fingerprint density at radius 2 is 2.40 bits per heavy atom. The van der Waals surface area contributed by atoms with Crippen LogP contribution >= 0.6 is 15.9 Å². The van der Waals surface area contributed by atoms with Gasteiger partial charge in [-0.05, 0) is 40.9 Å². The zero-order valence-electron chi connectivity index (χ0n) is 8.82. The van der Waals surface area contributed by atoms with Crippen molar-refractivity contribution >= 4 is 21.7 Å². The molecule has 4 heteroatoms. The molecule has 1 aliphatic rings. The standard InChI is InChI=1S/C11H15BrN2O/c1-15-9-4-3-7-14(8-9)11-6-2-5-10(12)13-11/h2,5-6,9H,3-4,7-8H2,1H3. The van der Waals surface area contributed by atoms with Crippen LogP contribution in [0, 0.1) is 0 Å². The summed E-state index contributed by atoms with van der Waals surface area (Å²) in [6.45, 7) is 2.02. The number of ether oxygens (including phenoxy) is 1. The van der Waals surface area contributed by atoms with Crippen molar-refractivity contribution in [3.05, 3.63) is 22.8 Å². The van der Waals surface area contributed by atoms with E-state index in [9.17, 15) is 0 Å². The maximum atomic E-state index is 5.39. The van der Waals surface area contributed by atoms with E-state index in [1.54, 1.807) is 7.11 Å². The Balaban J connectivity index is 2.09. The molecule has 0 bridgehead atoms. The topological polar surface area (TPSA) is 25.4 Å². The SMILES string of the molecule is COC1CCCN(c2cccc(Br)n2)C1. The Bertz CT molecular complexity index is 332. The van der Waals surface area contributed by atoms with E-state index < -0.39 is 0 Å². The molecule has 1 unspecified atom stereocenters. The summed E-state index contributed by atoms with van der Waals surface area (Å²) in [7, 11) is 1.78. The third-order valence-corrected chi connectivity index (χ3v) is 3.18. The average Bonchev–Trinajstić information content (AvgIpc) is 2.29. The van der Waals surface area contributed by atoms with E-state index >= 15 is 0 Å². The number of pyridine rings is 1. The van der Waals surface area contributed by atoms with Gasteiger partial charge < -0.3 is 9.64 Å². The van der Waals surface area contributed by atoms with Gasteiger partial charge in [0.05, 0.1) is 6.10 Å². The highest BCUT2D eigenvalue weighted by atomic mass is 79.9. The van der Waals surface area contributed by atoms with Crippen LogP contribution in [0.2, 0.25) is 0 Å². The lowest BCUT2D eigenvalue weighted by atomic mass is 10.1. The summed E-state index contributed by atoms with van der Waals surface area (Å²) >= 11 is 3.39. The Kier molecular flexibility index (Phi) is 3.59. The number of methoxy groups -OCH3 is 1. The van der Waals surface area contributed by atoms with Crippen LogP contribution < -0.4 is 4.90 Å². The van der Waals surface area contributed by atoms with Crippen LogP contribution in [0.3, 0.4) is 0 Å². The van der Waals surface area contributed by atoms with Crippen LogP contribution in [-0.4, -0.2) is 31.3 Å². The number of halogens is 1. The molecule has 1 fully saturated rings. The van der Waals surface area contributed by atoms with E-state index in [0.29, 0.717) is 6.10 Å². The molecule has 3 nitrogen and oxygen atoms in total. The molecule has 0 saturated carbocycles. The van der Waals surface area contributed by atoms with Gasteiger partial charge in [0.25, 0.3) is 0 Å². The lowest BCUT2D eigenvalue weighted by Gasteiger charge is -2.32. The molecular weight excluding hydrogens is 256 g/mol. The van der Waals surface area contributed by atoms with Crippen LogP contribution in [0.15, 0.2) is 22.8 Å². The van der Waals surface area contributed by atoms with Gasteiger partial charge in [-0.25, -0.2) is 4.98 Å². The van der Waals surface area contributed by atoms with E-state index in [2.05, 4.69) is 25.8 Å². The fraction of sp³-hybridized carbons (Fsp3) is 0.545. The number of aromatic nitrogens is 1. The third-order valence-electron chi connectivity index (χ3n) is 2.74. The van der Waals surface area contributed by atoms with Crippen LogP contribution in [-0.2, 0) is 4.74 Å². The van der Waals surface area contributed by atoms with E-state index in [-0.39, 0.29) is 0 Å². The molecule has 0 aliphatic carbocycles. The summed E-state index contributed by atoms with van der Waals surface area (Å²) < 4.78 is 6.28. The molecule has 82 valence electrons. The lowest BCUT2D eigenvalue weighted by Crippen LogP contribution is -2.39. The molecule has 0 N–H and O–H groups in total. The minimum absolute atomic E-state index is 0.347. The maximum absolute atomic E-state index is 5.39. The number of rotatable bonds is 2. The normalized spacial score (nSPS) is 21.7. The molecule has 1 aromatic rings. The molecule has 1 aliphatic heterocycles. The van der Waals surface area contributed by atoms with Gasteiger partial charge in [0.2, 0.25) is 0 Å². The number of nitrogens with zero attached hydrogens (tertiary/aromatic N) is 2. The van der Waals surface area contributed by atoms with Gasteiger partial charge in [-0.15, -0.1) is 0 Å². The predicted molar refractivity (Wildman–Crippen MR) is 64.2 cm³/mol. The molecule has 2 rings (SSSR count). The zero-order chi connectivity index (χ0) is 10.7. The van der Waals surface area contributed by atoms with Gasteiger partial charge in [-0.2, -0.15) is 0 Å². The number of piperidine rings is 1. The first kappa shape index (κ1) is 10.9. The smallest absolute Gasteiger partial charge is 0.129 e. The number of hydrogen-bond donors (Lipinski definition) is 0. The van der Waals surface area contributed by atoms with E-state index in [1.165, 1.54) is 6.42 Å². The van der Waals surface area contributed by atoms with Crippen LogP contribution in [0.25, 0.3) is 0 Å². The second kappa shape index (κ2) is 4.94. The average molecular weight is 271 g/mol. The highest BCUT2D eigenvalue weighted by molar-refractivity contribution is 9.10. The van der Waals surface area contributed by atoms with Crippen molar-refractivity contribution in [3.63, 3.8) is 0 Å². The van der Waals surface area contributed by atoms with Crippen LogP contribution in [0.1, 0.15) is 12.8 Å². The van der Waals surface area contributed by atoms with Gasteiger partial charge in [-0.1, -0.05) is 6.07 Å². The predicted octanol–water partition coefficient (Wildman–Crippen LogP) is 2.46. The molecular formula is C11H15BrN2O. The summed E-state index contributed by atoms with van der Waals surface area (Å²) in [5.74, 6) is 1.03. The molecule has 15 heavy (non-hydrogen) atoms. The van der Waals surface area contributed by atoms with E-state index in [1.807, 2.05) is 18.2 Å². The Labute approximate surface area is 98.6 Å². The summed E-state index contributed by atoms with van der Waals surface area (Å²) in [6.07, 6.45) is 2.67. The van der Waals surface area contributed by atoms with Crippen LogP contribution in [0.4, 0.5) is 5.82 Å². The highest BCUT2D eigenvalue weighted by Crippen LogP contribution is 2.20. The first-order valence-electron chi connectivity index (χ1n) is 5.20. The first-order chi connectivity index (χ1) is 7.29. The molecule has 0 aromatic carbocycles. The van der Waals surface area contributed by atoms with Gasteiger partial charge in [0.15, 0.2) is 0 Å². The van der Waals surface area contributed by atoms with Gasteiger partial charge in [0, 0.05) is 20.2 Å². The first-order valence-corrected chi connectivity index (χ1v) is 5.99. The van der Waals surface area contributed by atoms with Crippen molar-refractivity contribution < 1.29 is 4.74 Å². The molecule has 0 amide bonds. The monoisotopic (exact) mass is 270 g/mol. The second-order valence-corrected chi connectivity index (χ2v) is 4.58. The fourth-order valence-corrected chi connectivity index (χ4v) is 2.25. The minimum Gasteiger partial charge on any atom is -0.380 e. The van der Waals surface area contributed by atoms with Crippen molar-refractivity contribution in [1.29, 1.82) is 0 Å². The largest absolute Gasteiger partial charge is 0.380 e. The molecule has 1 saturated heterocycles. The number of anilines is 1. The molecule has 1 atom stereocenters. The van der Waals surface area contributed by atoms with E-state index in [4.69, 9.17) is 4.74 Å². The Hall–Kier alpha value is -0.610. The van der Waals surface area contributed by atoms with Crippen molar-refractivity contribution in [1.82, 2.24) is 4.98 Å². The minimum atomic E-state index is 0.347. The quantitative estimate of drug-likeness (QED) is 0.773. The zero-order valence-corrected chi connectivity index (χ0v) is 10.4. The maximum Gasteiger partial charge on any atom is 0.129 e. The van der Waals surface area contributed by atoms with Crippen molar-refractivity contribution in [2.75, 3.05) is 25.1 Å². The van der Waals surface area contributed by atoms with Crippen molar-refractivity contribution in [3.8, 4) is 0 Å². The van der Waals surface area contributed by atoms with Crippen molar-refractivity contribution in [2.45, 2.75) is 18.9 Å². The molecule has 1 aromatic heterocycles. The summed E-state index contributed by atoms with van der Waals surface area (Å²) in [4.78, 5) is 6.73. The second-order valence-electron chi connectivity index (χ2n) is 3.76. The van der Waals surface area contributed by atoms with E-state index in [0.717, 1.165) is 29.9 Å². The third kappa shape index (κ3) is 2.69. The molecule has 0 radical (unpaired) electrons. The van der Waals surface area contributed by atoms with Crippen molar-refractivity contribution in [2.24, 2.45) is 0 Å². The Morgan fingerprint density at radius 3 is 3.13 bits per heavy atom. The van der Waals surface area contributed by atoms with Gasteiger partial charge >= 0.3 is 0 Å². The van der Waals surface area contributed by atoms with Gasteiger partial charge in [-0.3, -0.25) is 0 Å². The highest BCUT2D eigenvalue weighted by Gasteiger charge is 2.20. The summed E-state index contributed by atoms with van der Waals surface area (Å²) in [6, 6.07) is 6.01. The lowest BCUT2D eigenvalue weighted by molar-refractivity contribution is 0.0891. The van der Waals surface area contributed by atoms with Crippen LogP contribution in [0.5, 0.6) is 0 Å². The molecule has 2 heterocycles. The Morgan fingerprint density at radius 1 is 1.53 bits per heavy atom.